The van der Waals surface area contributed by atoms with Gasteiger partial charge in [0.05, 0.1) is 0 Å². The van der Waals surface area contributed by atoms with Crippen LogP contribution in [0.15, 0.2) is 21.1 Å². The van der Waals surface area contributed by atoms with Gasteiger partial charge in [0, 0.05) is 8.95 Å². The van der Waals surface area contributed by atoms with E-state index in [0.717, 1.165) is 25.7 Å². The van der Waals surface area contributed by atoms with E-state index in [-0.39, 0.29) is 0 Å². The van der Waals surface area contributed by atoms with E-state index < -0.39 is 0 Å². The zero-order chi connectivity index (χ0) is 16.8. The monoisotopic (exact) mass is 442 g/mol. The number of rotatable bonds is 1. The fraction of sp³-hybridized carbons (Fsp3) is 0.273. The van der Waals surface area contributed by atoms with Crippen LogP contribution in [0.1, 0.15) is 36.8 Å². The van der Waals surface area contributed by atoms with Gasteiger partial charge in [-0.2, -0.15) is 0 Å². The van der Waals surface area contributed by atoms with Crippen molar-refractivity contribution in [2.24, 2.45) is 0 Å². The lowest BCUT2D eigenvalue weighted by molar-refractivity contribution is 1.10. The highest BCUT2D eigenvalue weighted by Gasteiger charge is 2.15. The summed E-state index contributed by atoms with van der Waals surface area (Å²) in [5.74, 6) is 0. The fourth-order valence-electron chi connectivity index (χ4n) is 4.04. The van der Waals surface area contributed by atoms with Crippen LogP contribution in [0.3, 0.4) is 0 Å². The van der Waals surface area contributed by atoms with Gasteiger partial charge in [0.25, 0.3) is 0 Å². The summed E-state index contributed by atoms with van der Waals surface area (Å²) in [7, 11) is 0. The highest BCUT2D eigenvalue weighted by molar-refractivity contribution is 9.10. The van der Waals surface area contributed by atoms with Crippen molar-refractivity contribution < 1.29 is 0 Å². The summed E-state index contributed by atoms with van der Waals surface area (Å²) in [5.41, 5.74) is 5.52. The molecule has 0 bridgehead atoms. The lowest BCUT2D eigenvalue weighted by Crippen LogP contribution is -2.36. The zero-order valence-electron chi connectivity index (χ0n) is 14.0. The van der Waals surface area contributed by atoms with Crippen LogP contribution in [0, 0.1) is 13.8 Å². The average molecular weight is 444 g/mol. The molecule has 122 valence electrons. The summed E-state index contributed by atoms with van der Waals surface area (Å²) in [6.07, 6.45) is 14.1. The lowest BCUT2D eigenvalue weighted by Gasteiger charge is -2.18. The maximum atomic E-state index is 3.77. The van der Waals surface area contributed by atoms with Crippen LogP contribution in [-0.4, -0.2) is 0 Å². The van der Waals surface area contributed by atoms with E-state index in [9.17, 15) is 0 Å². The highest BCUT2D eigenvalue weighted by Crippen LogP contribution is 2.24. The number of halogens is 2. The van der Waals surface area contributed by atoms with Gasteiger partial charge >= 0.3 is 0 Å². The lowest BCUT2D eigenvalue weighted by atomic mass is 9.88. The SMILES string of the molecule is Cc1cc(Br)c2c(c1-c1c(C)cc(Br)c3c1=CCCC=3)=CCCC=2. The first kappa shape index (κ1) is 16.4. The second-order valence-corrected chi connectivity index (χ2v) is 8.44. The molecule has 2 heteroatoms. The van der Waals surface area contributed by atoms with Gasteiger partial charge in [-0.05, 0) is 94.8 Å². The molecule has 24 heavy (non-hydrogen) atoms. The van der Waals surface area contributed by atoms with Crippen LogP contribution in [0.25, 0.3) is 35.4 Å². The minimum atomic E-state index is 1.13. The Morgan fingerprint density at radius 3 is 1.29 bits per heavy atom. The van der Waals surface area contributed by atoms with Gasteiger partial charge in [-0.25, -0.2) is 0 Å². The van der Waals surface area contributed by atoms with Crippen LogP contribution in [0.5, 0.6) is 0 Å². The smallest absolute Gasteiger partial charge is 0.0253 e. The van der Waals surface area contributed by atoms with Crippen molar-refractivity contribution in [1.82, 2.24) is 0 Å². The molecule has 0 saturated carbocycles. The Morgan fingerprint density at radius 1 is 0.583 bits per heavy atom. The van der Waals surface area contributed by atoms with Crippen molar-refractivity contribution in [3.63, 3.8) is 0 Å². The Bertz CT molecular complexity index is 999. The van der Waals surface area contributed by atoms with Crippen molar-refractivity contribution >= 4 is 56.2 Å². The molecule has 0 atom stereocenters. The first-order valence-electron chi connectivity index (χ1n) is 8.57. The molecular weight excluding hydrogens is 424 g/mol. The molecule has 2 aliphatic rings. The van der Waals surface area contributed by atoms with E-state index in [4.69, 9.17) is 0 Å². The molecule has 0 amide bonds. The third-order valence-electron chi connectivity index (χ3n) is 5.09. The Kier molecular flexibility index (Phi) is 4.30. The zero-order valence-corrected chi connectivity index (χ0v) is 17.2. The molecule has 0 aliphatic heterocycles. The van der Waals surface area contributed by atoms with E-state index in [1.54, 1.807) is 0 Å². The molecule has 0 radical (unpaired) electrons. The minimum Gasteiger partial charge on any atom is -0.0757 e. The van der Waals surface area contributed by atoms with E-state index >= 15 is 0 Å². The first-order chi connectivity index (χ1) is 11.6. The summed E-state index contributed by atoms with van der Waals surface area (Å²) in [5, 5.41) is 5.52. The largest absolute Gasteiger partial charge is 0.0757 e. The molecule has 0 saturated heterocycles. The molecule has 2 aromatic carbocycles. The van der Waals surface area contributed by atoms with Crippen LogP contribution in [0.2, 0.25) is 0 Å². The number of fused-ring (bicyclic) bond motifs is 2. The molecule has 0 aromatic heterocycles. The van der Waals surface area contributed by atoms with Gasteiger partial charge in [-0.3, -0.25) is 0 Å². The molecule has 0 fully saturated rings. The summed E-state index contributed by atoms with van der Waals surface area (Å²) in [6.45, 7) is 4.48. The third kappa shape index (κ3) is 2.55. The van der Waals surface area contributed by atoms with Crippen molar-refractivity contribution in [1.29, 1.82) is 0 Å². The van der Waals surface area contributed by atoms with Gasteiger partial charge in [0.15, 0.2) is 0 Å². The Labute approximate surface area is 159 Å². The third-order valence-corrected chi connectivity index (χ3v) is 6.40. The first-order valence-corrected chi connectivity index (χ1v) is 10.2. The summed E-state index contributed by atoms with van der Waals surface area (Å²) in [6, 6.07) is 4.56. The van der Waals surface area contributed by atoms with E-state index in [1.807, 2.05) is 0 Å². The van der Waals surface area contributed by atoms with Crippen molar-refractivity contribution in [2.45, 2.75) is 39.5 Å². The second kappa shape index (κ2) is 6.31. The van der Waals surface area contributed by atoms with Gasteiger partial charge in [0.2, 0.25) is 0 Å². The average Bonchev–Trinajstić information content (AvgIpc) is 2.57. The Balaban J connectivity index is 2.23. The maximum absolute atomic E-state index is 3.77. The summed E-state index contributed by atoms with van der Waals surface area (Å²) in [4.78, 5) is 0. The normalized spacial score (nSPS) is 15.3. The second-order valence-electron chi connectivity index (χ2n) is 6.73. The quantitative estimate of drug-likeness (QED) is 0.619. The number of aryl methyl sites for hydroxylation is 2. The summed E-state index contributed by atoms with van der Waals surface area (Å²) >= 11 is 7.54. The standard InChI is InChI=1S/C22H20Br2/c1-13-11-19(23)15-7-3-5-9-17(15)21(13)22-14(2)12-20(24)16-8-4-6-10-18(16)22/h7-12H,3-6H2,1-2H3. The molecule has 0 N–H and O–H groups in total. The molecule has 4 rings (SSSR count). The molecule has 0 heterocycles. The minimum absolute atomic E-state index is 1.13. The maximum Gasteiger partial charge on any atom is 0.0253 e. The van der Waals surface area contributed by atoms with E-state index in [0.29, 0.717) is 0 Å². The molecule has 0 unspecified atom stereocenters. The van der Waals surface area contributed by atoms with Gasteiger partial charge in [-0.1, -0.05) is 56.2 Å². The van der Waals surface area contributed by atoms with Crippen LogP contribution in [0.4, 0.5) is 0 Å². The van der Waals surface area contributed by atoms with Crippen molar-refractivity contribution in [3.8, 4) is 11.1 Å². The van der Waals surface area contributed by atoms with Gasteiger partial charge in [-0.15, -0.1) is 0 Å². The molecule has 2 aromatic rings. The number of benzene rings is 2. The Morgan fingerprint density at radius 2 is 0.917 bits per heavy atom. The highest BCUT2D eigenvalue weighted by atomic mass is 79.9. The van der Waals surface area contributed by atoms with Crippen LogP contribution >= 0.6 is 31.9 Å². The van der Waals surface area contributed by atoms with Crippen molar-refractivity contribution in [3.05, 3.63) is 53.1 Å². The summed E-state index contributed by atoms with van der Waals surface area (Å²) < 4.78 is 2.43. The predicted octanol–water partition coefficient (Wildman–Crippen LogP) is 4.21. The van der Waals surface area contributed by atoms with Crippen LogP contribution in [-0.2, 0) is 0 Å². The number of hydrogen-bond acceptors (Lipinski definition) is 0. The van der Waals surface area contributed by atoms with Gasteiger partial charge in [0.1, 0.15) is 0 Å². The predicted molar refractivity (Wildman–Crippen MR) is 112 cm³/mol. The van der Waals surface area contributed by atoms with E-state index in [2.05, 4.69) is 82.1 Å². The molecule has 0 nitrogen and oxygen atoms in total. The van der Waals surface area contributed by atoms with E-state index in [1.165, 1.54) is 52.1 Å². The number of hydrogen-bond donors (Lipinski definition) is 0. The topological polar surface area (TPSA) is 0 Å². The molecule has 2 aliphatic carbocycles. The molecular formula is C22H20Br2. The van der Waals surface area contributed by atoms with Crippen LogP contribution < -0.4 is 20.9 Å². The fourth-order valence-corrected chi connectivity index (χ4v) is 5.48. The van der Waals surface area contributed by atoms with Gasteiger partial charge < -0.3 is 0 Å². The van der Waals surface area contributed by atoms with Crippen molar-refractivity contribution in [2.75, 3.05) is 0 Å². The molecule has 0 spiro atoms. The Hall–Kier alpha value is -1.12.